The van der Waals surface area contributed by atoms with E-state index in [9.17, 15) is 4.79 Å². The molecule has 0 fully saturated rings. The Morgan fingerprint density at radius 3 is 2.31 bits per heavy atom. The Morgan fingerprint density at radius 2 is 1.69 bits per heavy atom. The van der Waals surface area contributed by atoms with E-state index < -0.39 is 0 Å². The van der Waals surface area contributed by atoms with Crippen LogP contribution >= 0.6 is 0 Å². The molecule has 26 heavy (non-hydrogen) atoms. The number of carbonyl (C=O) groups excluding carboxylic acids is 1. The molecular formula is C23H32N2O. The van der Waals surface area contributed by atoms with Gasteiger partial charge in [0.05, 0.1) is 0 Å². The van der Waals surface area contributed by atoms with Crippen molar-refractivity contribution in [2.24, 2.45) is 5.92 Å². The fourth-order valence-corrected chi connectivity index (χ4v) is 2.95. The van der Waals surface area contributed by atoms with Gasteiger partial charge in [0.25, 0.3) is 0 Å². The number of hydrogen-bond acceptors (Lipinski definition) is 3. The lowest BCUT2D eigenvalue weighted by Gasteiger charge is -2.07. The van der Waals surface area contributed by atoms with Gasteiger partial charge in [0.1, 0.15) is 0 Å². The highest BCUT2D eigenvalue weighted by Gasteiger charge is 2.08. The number of aryl methyl sites for hydroxylation is 1. The van der Waals surface area contributed by atoms with Gasteiger partial charge in [-0.3, -0.25) is 4.79 Å². The first kappa shape index (κ1) is 20.3. The molecule has 1 heterocycles. The van der Waals surface area contributed by atoms with Crippen LogP contribution in [0.3, 0.4) is 0 Å². The highest BCUT2D eigenvalue weighted by atomic mass is 16.1. The van der Waals surface area contributed by atoms with Crippen molar-refractivity contribution in [2.45, 2.75) is 72.1 Å². The number of unbranched alkanes of at least 4 members (excludes halogenated alkanes) is 2. The number of nitrogens with zero attached hydrogens (tertiary/aromatic N) is 2. The average Bonchev–Trinajstić information content (AvgIpc) is 2.69. The first-order valence-electron chi connectivity index (χ1n) is 10.1. The summed E-state index contributed by atoms with van der Waals surface area (Å²) in [6.07, 6.45) is 12.4. The summed E-state index contributed by atoms with van der Waals surface area (Å²) in [4.78, 5) is 21.3. The van der Waals surface area contributed by atoms with E-state index in [-0.39, 0.29) is 5.78 Å². The van der Waals surface area contributed by atoms with Crippen molar-refractivity contribution in [1.29, 1.82) is 0 Å². The van der Waals surface area contributed by atoms with E-state index >= 15 is 0 Å². The molecule has 0 radical (unpaired) electrons. The van der Waals surface area contributed by atoms with Crippen LogP contribution in [0.1, 0.15) is 81.6 Å². The summed E-state index contributed by atoms with van der Waals surface area (Å²) in [5, 5.41) is 0. The van der Waals surface area contributed by atoms with Crippen molar-refractivity contribution >= 4 is 5.78 Å². The number of ketones is 1. The number of carbonyl (C=O) groups is 1. The third kappa shape index (κ3) is 6.36. The summed E-state index contributed by atoms with van der Waals surface area (Å²) in [5.41, 5.74) is 2.93. The summed E-state index contributed by atoms with van der Waals surface area (Å²) < 4.78 is 0. The first-order valence-corrected chi connectivity index (χ1v) is 10.1. The molecule has 0 saturated carbocycles. The number of rotatable bonds is 11. The highest BCUT2D eigenvalue weighted by Crippen LogP contribution is 2.18. The second-order valence-electron chi connectivity index (χ2n) is 7.28. The van der Waals surface area contributed by atoms with E-state index in [1.54, 1.807) is 0 Å². The Labute approximate surface area is 158 Å². The first-order chi connectivity index (χ1) is 12.6. The van der Waals surface area contributed by atoms with E-state index in [0.717, 1.165) is 48.6 Å². The fraction of sp³-hybridized carbons (Fsp3) is 0.522. The van der Waals surface area contributed by atoms with Gasteiger partial charge < -0.3 is 0 Å². The van der Waals surface area contributed by atoms with Crippen molar-refractivity contribution in [2.75, 3.05) is 0 Å². The second kappa shape index (κ2) is 10.8. The van der Waals surface area contributed by atoms with Crippen LogP contribution in [-0.2, 0) is 6.42 Å². The summed E-state index contributed by atoms with van der Waals surface area (Å²) in [5.74, 6) is 1.71. The maximum absolute atomic E-state index is 12.3. The van der Waals surface area contributed by atoms with Gasteiger partial charge >= 0.3 is 0 Å². The molecule has 0 aliphatic carbocycles. The minimum Gasteiger partial charge on any atom is -0.294 e. The molecule has 0 amide bonds. The van der Waals surface area contributed by atoms with Crippen molar-refractivity contribution < 1.29 is 4.79 Å². The molecule has 0 bridgehead atoms. The molecule has 3 heteroatoms. The van der Waals surface area contributed by atoms with Gasteiger partial charge in [0.15, 0.2) is 11.6 Å². The van der Waals surface area contributed by atoms with Crippen LogP contribution in [0, 0.1) is 5.92 Å². The quantitative estimate of drug-likeness (QED) is 0.353. The minimum atomic E-state index is 0.233. The average molecular weight is 353 g/mol. The van der Waals surface area contributed by atoms with Crippen molar-refractivity contribution in [3.8, 4) is 11.4 Å². The standard InChI is InChI=1S/C23H32N2O/c1-4-6-10-19-16-24-23(25-17-19)21-14-12-20(13-15-21)22(26)11-8-7-9-18(3)5-2/h12-18H,4-11H2,1-3H3. The smallest absolute Gasteiger partial charge is 0.162 e. The Bertz CT molecular complexity index is 662. The molecule has 2 rings (SSSR count). The summed E-state index contributed by atoms with van der Waals surface area (Å²) >= 11 is 0. The molecule has 1 aromatic heterocycles. The predicted molar refractivity (Wildman–Crippen MR) is 108 cm³/mol. The Hall–Kier alpha value is -2.03. The second-order valence-corrected chi connectivity index (χ2v) is 7.28. The number of benzene rings is 1. The van der Waals surface area contributed by atoms with Gasteiger partial charge in [0, 0.05) is 29.9 Å². The molecule has 0 saturated heterocycles. The van der Waals surface area contributed by atoms with Crippen LogP contribution < -0.4 is 0 Å². The zero-order chi connectivity index (χ0) is 18.8. The minimum absolute atomic E-state index is 0.233. The Kier molecular flexibility index (Phi) is 8.46. The number of Topliss-reactive ketones (excluding diaryl/α,β-unsaturated/α-hetero) is 1. The molecule has 2 aromatic rings. The molecule has 1 unspecified atom stereocenters. The van der Waals surface area contributed by atoms with E-state index in [0.29, 0.717) is 6.42 Å². The van der Waals surface area contributed by atoms with Gasteiger partial charge in [-0.2, -0.15) is 0 Å². The van der Waals surface area contributed by atoms with Crippen LogP contribution in [0.5, 0.6) is 0 Å². The third-order valence-corrected chi connectivity index (χ3v) is 5.04. The molecule has 3 nitrogen and oxygen atoms in total. The molecule has 0 N–H and O–H groups in total. The molecule has 0 spiro atoms. The summed E-state index contributed by atoms with van der Waals surface area (Å²) in [6.45, 7) is 6.68. The van der Waals surface area contributed by atoms with Crippen molar-refractivity contribution in [3.63, 3.8) is 0 Å². The lowest BCUT2D eigenvalue weighted by atomic mass is 9.98. The summed E-state index contributed by atoms with van der Waals surface area (Å²) in [7, 11) is 0. The van der Waals surface area contributed by atoms with Crippen LogP contribution in [0.15, 0.2) is 36.7 Å². The molecule has 1 aromatic carbocycles. The van der Waals surface area contributed by atoms with E-state index in [2.05, 4.69) is 30.7 Å². The SMILES string of the molecule is CCCCc1cnc(-c2ccc(C(=O)CCCCC(C)CC)cc2)nc1. The monoisotopic (exact) mass is 352 g/mol. The van der Waals surface area contributed by atoms with Crippen LogP contribution in [0.4, 0.5) is 0 Å². The topological polar surface area (TPSA) is 42.9 Å². The lowest BCUT2D eigenvalue weighted by Crippen LogP contribution is -2.00. The molecule has 0 aliphatic heterocycles. The lowest BCUT2D eigenvalue weighted by molar-refractivity contribution is 0.0978. The van der Waals surface area contributed by atoms with Gasteiger partial charge in [-0.25, -0.2) is 9.97 Å². The van der Waals surface area contributed by atoms with Crippen LogP contribution in [-0.4, -0.2) is 15.8 Å². The largest absolute Gasteiger partial charge is 0.294 e. The highest BCUT2D eigenvalue weighted by molar-refractivity contribution is 5.96. The van der Waals surface area contributed by atoms with E-state index in [1.165, 1.54) is 24.8 Å². The molecule has 140 valence electrons. The molecule has 1 atom stereocenters. The van der Waals surface area contributed by atoms with E-state index in [4.69, 9.17) is 0 Å². The fourth-order valence-electron chi connectivity index (χ4n) is 2.95. The van der Waals surface area contributed by atoms with Crippen molar-refractivity contribution in [1.82, 2.24) is 9.97 Å². The van der Waals surface area contributed by atoms with Crippen LogP contribution in [0.25, 0.3) is 11.4 Å². The van der Waals surface area contributed by atoms with Gasteiger partial charge in [-0.05, 0) is 30.7 Å². The van der Waals surface area contributed by atoms with Crippen LogP contribution in [0.2, 0.25) is 0 Å². The Balaban J connectivity index is 1.88. The van der Waals surface area contributed by atoms with E-state index in [1.807, 2.05) is 36.7 Å². The van der Waals surface area contributed by atoms with Gasteiger partial charge in [0.2, 0.25) is 0 Å². The van der Waals surface area contributed by atoms with Crippen molar-refractivity contribution in [3.05, 3.63) is 47.8 Å². The molecule has 0 aliphatic rings. The third-order valence-electron chi connectivity index (χ3n) is 5.04. The zero-order valence-corrected chi connectivity index (χ0v) is 16.5. The van der Waals surface area contributed by atoms with Gasteiger partial charge in [-0.15, -0.1) is 0 Å². The summed E-state index contributed by atoms with van der Waals surface area (Å²) in [6, 6.07) is 7.71. The molecular weight excluding hydrogens is 320 g/mol. The van der Waals surface area contributed by atoms with Gasteiger partial charge in [-0.1, -0.05) is 70.7 Å². The predicted octanol–water partition coefficient (Wildman–Crippen LogP) is 6.28. The number of aromatic nitrogens is 2. The normalized spacial score (nSPS) is 12.1. The maximum Gasteiger partial charge on any atom is 0.162 e. The number of hydrogen-bond donors (Lipinski definition) is 0. The Morgan fingerprint density at radius 1 is 1.00 bits per heavy atom. The maximum atomic E-state index is 12.3. The zero-order valence-electron chi connectivity index (χ0n) is 16.5.